The number of likely N-dealkylation sites (tertiary alicyclic amines) is 1. The number of aromatic amines is 1. The SMILES string of the molecule is Cc1nc2ccccn2c1C([O-])=C1C(=O)C(=O)N(CCC[n+]2cc[nH]c2)C1c1cccnc1. The lowest BCUT2D eigenvalue weighted by Crippen LogP contribution is -2.36. The minimum absolute atomic E-state index is 0.0592. The minimum Gasteiger partial charge on any atom is -0.871 e. The summed E-state index contributed by atoms with van der Waals surface area (Å²) in [7, 11) is 0. The van der Waals surface area contributed by atoms with Crippen molar-refractivity contribution in [2.45, 2.75) is 25.9 Å². The Morgan fingerprint density at radius 3 is 2.88 bits per heavy atom. The van der Waals surface area contributed by atoms with Gasteiger partial charge in [-0.3, -0.25) is 19.6 Å². The monoisotopic (exact) mass is 442 g/mol. The number of H-pyrrole nitrogens is 1. The van der Waals surface area contributed by atoms with Crippen LogP contribution in [0.25, 0.3) is 11.4 Å². The molecule has 1 aliphatic heterocycles. The Morgan fingerprint density at radius 2 is 2.12 bits per heavy atom. The number of carbonyl (C=O) groups is 2. The summed E-state index contributed by atoms with van der Waals surface area (Å²) >= 11 is 0. The highest BCUT2D eigenvalue weighted by molar-refractivity contribution is 6.46. The number of Topliss-reactive ketones (excluding diaryl/α,β-unsaturated/α-hetero) is 1. The fourth-order valence-corrected chi connectivity index (χ4v) is 4.38. The van der Waals surface area contributed by atoms with Gasteiger partial charge in [-0.2, -0.15) is 0 Å². The Morgan fingerprint density at radius 1 is 1.24 bits per heavy atom. The molecule has 4 aromatic heterocycles. The third-order valence-electron chi connectivity index (χ3n) is 5.87. The number of fused-ring (bicyclic) bond motifs is 1. The summed E-state index contributed by atoms with van der Waals surface area (Å²) < 4.78 is 3.62. The fraction of sp³-hybridized carbons (Fsp3) is 0.208. The van der Waals surface area contributed by atoms with Crippen molar-refractivity contribution in [3.8, 4) is 0 Å². The Labute approximate surface area is 189 Å². The van der Waals surface area contributed by atoms with Gasteiger partial charge in [0.1, 0.15) is 18.0 Å². The van der Waals surface area contributed by atoms with Crippen molar-refractivity contribution in [1.82, 2.24) is 24.3 Å². The largest absolute Gasteiger partial charge is 0.871 e. The lowest BCUT2D eigenvalue weighted by molar-refractivity contribution is -0.695. The van der Waals surface area contributed by atoms with Crippen LogP contribution in [0.5, 0.6) is 0 Å². The predicted molar refractivity (Wildman–Crippen MR) is 116 cm³/mol. The summed E-state index contributed by atoms with van der Waals surface area (Å²) in [5, 5.41) is 13.8. The number of nitrogens with zero attached hydrogens (tertiary/aromatic N) is 5. The number of aromatic nitrogens is 5. The van der Waals surface area contributed by atoms with Crippen LogP contribution in [0.15, 0.2) is 73.2 Å². The van der Waals surface area contributed by atoms with Crippen molar-refractivity contribution in [2.75, 3.05) is 6.54 Å². The lowest BCUT2D eigenvalue weighted by atomic mass is 9.97. The highest BCUT2D eigenvalue weighted by Crippen LogP contribution is 2.38. The molecule has 5 heterocycles. The number of hydrogen-bond acceptors (Lipinski definition) is 5. The number of carbonyl (C=O) groups excluding carboxylic acids is 2. The topological polar surface area (TPSA) is 110 Å². The molecule has 9 heteroatoms. The first-order valence-corrected chi connectivity index (χ1v) is 10.7. The number of rotatable bonds is 6. The van der Waals surface area contributed by atoms with Crippen molar-refractivity contribution in [1.29, 1.82) is 0 Å². The fourth-order valence-electron chi connectivity index (χ4n) is 4.38. The van der Waals surface area contributed by atoms with Crippen LogP contribution in [0.4, 0.5) is 0 Å². The highest BCUT2D eigenvalue weighted by atomic mass is 16.3. The van der Waals surface area contributed by atoms with E-state index in [9.17, 15) is 14.7 Å². The molecule has 0 aliphatic carbocycles. The summed E-state index contributed by atoms with van der Waals surface area (Å²) in [5.74, 6) is -1.92. The van der Waals surface area contributed by atoms with E-state index in [0.29, 0.717) is 42.1 Å². The first-order chi connectivity index (χ1) is 16.1. The number of aryl methyl sites for hydroxylation is 2. The van der Waals surface area contributed by atoms with E-state index in [1.807, 2.05) is 29.4 Å². The Hall–Kier alpha value is -4.27. The summed E-state index contributed by atoms with van der Waals surface area (Å²) in [6.45, 7) is 2.72. The molecule has 4 aromatic rings. The zero-order valence-electron chi connectivity index (χ0n) is 18.0. The lowest BCUT2D eigenvalue weighted by Gasteiger charge is -2.27. The Balaban J connectivity index is 1.59. The van der Waals surface area contributed by atoms with Crippen molar-refractivity contribution in [2.24, 2.45) is 0 Å². The van der Waals surface area contributed by atoms with E-state index in [1.165, 1.54) is 4.90 Å². The van der Waals surface area contributed by atoms with Gasteiger partial charge in [-0.15, -0.1) is 0 Å². The van der Waals surface area contributed by atoms with Gasteiger partial charge in [0.2, 0.25) is 12.1 Å². The first kappa shape index (κ1) is 20.6. The van der Waals surface area contributed by atoms with Gasteiger partial charge in [-0.1, -0.05) is 17.9 Å². The van der Waals surface area contributed by atoms with E-state index >= 15 is 0 Å². The maximum atomic E-state index is 13.8. The van der Waals surface area contributed by atoms with Crippen LogP contribution >= 0.6 is 0 Å². The van der Waals surface area contributed by atoms with Crippen LogP contribution < -0.4 is 9.67 Å². The maximum Gasteiger partial charge on any atom is 0.295 e. The van der Waals surface area contributed by atoms with E-state index in [2.05, 4.69) is 15.0 Å². The van der Waals surface area contributed by atoms with Crippen LogP contribution in [0, 0.1) is 6.92 Å². The quantitative estimate of drug-likeness (QED) is 0.207. The molecule has 33 heavy (non-hydrogen) atoms. The average Bonchev–Trinajstić information content (AvgIpc) is 3.52. The van der Waals surface area contributed by atoms with Crippen molar-refractivity contribution in [3.63, 3.8) is 0 Å². The van der Waals surface area contributed by atoms with Gasteiger partial charge in [0.05, 0.1) is 24.0 Å². The molecule has 1 aliphatic rings. The summed E-state index contributed by atoms with van der Waals surface area (Å²) in [6, 6.07) is 8.14. The second-order valence-electron chi connectivity index (χ2n) is 7.94. The number of amides is 1. The summed E-state index contributed by atoms with van der Waals surface area (Å²) in [4.78, 5) is 39.3. The molecule has 5 rings (SSSR count). The zero-order chi connectivity index (χ0) is 22.9. The van der Waals surface area contributed by atoms with Gasteiger partial charge in [-0.05, 0) is 30.7 Å². The normalized spacial score (nSPS) is 17.8. The number of imidazole rings is 2. The summed E-state index contributed by atoms with van der Waals surface area (Å²) in [6.07, 6.45) is 11.1. The van der Waals surface area contributed by atoms with Gasteiger partial charge < -0.3 is 14.4 Å². The second kappa shape index (κ2) is 8.34. The summed E-state index contributed by atoms with van der Waals surface area (Å²) in [5.41, 5.74) is 1.97. The van der Waals surface area contributed by atoms with Crippen LogP contribution in [0.3, 0.4) is 0 Å². The highest BCUT2D eigenvalue weighted by Gasteiger charge is 2.44. The van der Waals surface area contributed by atoms with E-state index in [-0.39, 0.29) is 5.57 Å². The zero-order valence-corrected chi connectivity index (χ0v) is 18.0. The average molecular weight is 442 g/mol. The maximum absolute atomic E-state index is 13.8. The van der Waals surface area contributed by atoms with Crippen molar-refractivity contribution < 1.29 is 19.3 Å². The Kier molecular flexibility index (Phi) is 5.21. The van der Waals surface area contributed by atoms with Gasteiger partial charge in [0.15, 0.2) is 0 Å². The van der Waals surface area contributed by atoms with Gasteiger partial charge >= 0.3 is 0 Å². The molecule has 1 atom stereocenters. The second-order valence-corrected chi connectivity index (χ2v) is 7.94. The van der Waals surface area contributed by atoms with E-state index in [0.717, 1.165) is 0 Å². The molecular weight excluding hydrogens is 420 g/mol. The van der Waals surface area contributed by atoms with E-state index in [1.54, 1.807) is 54.2 Å². The third-order valence-corrected chi connectivity index (χ3v) is 5.87. The van der Waals surface area contributed by atoms with Crippen LogP contribution in [-0.4, -0.2) is 42.5 Å². The molecule has 1 saturated heterocycles. The molecule has 0 bridgehead atoms. The standard InChI is InChI=1S/C24H22N6O3/c1-16-20(29-11-3-2-7-18(29)27-16)22(31)19-21(17-6-4-8-25-14-17)30(24(33)23(19)32)12-5-10-28-13-9-26-15-28/h2-4,6-9,11,13-15,21H,5,10,12H2,1H3,(H,31,32). The molecule has 1 fully saturated rings. The number of hydrogen-bond donors (Lipinski definition) is 1. The molecule has 0 radical (unpaired) electrons. The molecule has 0 aromatic carbocycles. The minimum atomic E-state index is -0.795. The van der Waals surface area contributed by atoms with Crippen LogP contribution in [0.2, 0.25) is 0 Å². The Bertz CT molecular complexity index is 1360. The number of ketones is 1. The molecule has 1 amide bonds. The molecule has 0 spiro atoms. The van der Waals surface area contributed by atoms with Crippen molar-refractivity contribution in [3.05, 3.63) is 90.2 Å². The van der Waals surface area contributed by atoms with E-state index < -0.39 is 23.5 Å². The van der Waals surface area contributed by atoms with Gasteiger partial charge in [0.25, 0.3) is 5.91 Å². The number of pyridine rings is 2. The number of nitrogens with one attached hydrogen (secondary N) is 1. The smallest absolute Gasteiger partial charge is 0.295 e. The molecule has 1 N–H and O–H groups in total. The van der Waals surface area contributed by atoms with Crippen molar-refractivity contribution >= 4 is 23.1 Å². The van der Waals surface area contributed by atoms with E-state index in [4.69, 9.17) is 0 Å². The van der Waals surface area contributed by atoms with Gasteiger partial charge in [0, 0.05) is 37.1 Å². The van der Waals surface area contributed by atoms with Gasteiger partial charge in [-0.25, -0.2) is 9.55 Å². The van der Waals surface area contributed by atoms with Crippen LogP contribution in [-0.2, 0) is 16.1 Å². The molecular formula is C24H22N6O3. The molecule has 0 saturated carbocycles. The molecule has 9 nitrogen and oxygen atoms in total. The molecule has 166 valence electrons. The molecule has 1 unspecified atom stereocenters. The first-order valence-electron chi connectivity index (χ1n) is 10.7. The third kappa shape index (κ3) is 3.57. The van der Waals surface area contributed by atoms with Crippen LogP contribution in [0.1, 0.15) is 29.4 Å². The predicted octanol–water partition coefficient (Wildman–Crippen LogP) is 0.968.